The first-order valence-corrected chi connectivity index (χ1v) is 6.80. The van der Waals surface area contributed by atoms with Crippen LogP contribution in [0.3, 0.4) is 0 Å². The van der Waals surface area contributed by atoms with Gasteiger partial charge in [-0.05, 0) is 37.6 Å². The number of likely N-dealkylation sites (N-methyl/N-ethyl adjacent to an activating group) is 1. The molecule has 4 heteroatoms. The molecule has 0 bridgehead atoms. The Morgan fingerprint density at radius 1 is 1.44 bits per heavy atom. The molecule has 0 radical (unpaired) electrons. The maximum Gasteiger partial charge on any atom is 0.0686 e. The lowest BCUT2D eigenvalue weighted by Gasteiger charge is -2.22. The van der Waals surface area contributed by atoms with Gasteiger partial charge in [-0.15, -0.1) is 0 Å². The molecule has 0 spiro atoms. The molecule has 2 N–H and O–H groups in total. The van der Waals surface area contributed by atoms with E-state index in [0.717, 1.165) is 30.2 Å². The third-order valence-electron chi connectivity index (χ3n) is 2.72. The van der Waals surface area contributed by atoms with Crippen LogP contribution in [0.15, 0.2) is 18.2 Å². The van der Waals surface area contributed by atoms with Crippen LogP contribution in [0.4, 0.5) is 5.69 Å². The second-order valence-corrected chi connectivity index (χ2v) is 5.10. The summed E-state index contributed by atoms with van der Waals surface area (Å²) in [6, 6.07) is 6.06. The Labute approximate surface area is 115 Å². The molecule has 0 aliphatic carbocycles. The predicted octanol–water partition coefficient (Wildman–Crippen LogP) is 2.66. The fraction of sp³-hybridized carbons (Fsp3) is 0.571. The monoisotopic (exact) mass is 270 g/mol. The zero-order valence-electron chi connectivity index (χ0n) is 11.4. The van der Waals surface area contributed by atoms with Gasteiger partial charge in [0.05, 0.1) is 16.8 Å². The van der Waals surface area contributed by atoms with Gasteiger partial charge in [0.15, 0.2) is 0 Å². The van der Waals surface area contributed by atoms with Crippen molar-refractivity contribution < 1.29 is 5.11 Å². The Hall–Kier alpha value is -0.770. The maximum atomic E-state index is 9.38. The molecule has 1 aromatic rings. The van der Waals surface area contributed by atoms with Crippen LogP contribution < -0.4 is 10.2 Å². The minimum Gasteiger partial charge on any atom is -0.392 e. The number of aliphatic hydroxyl groups excluding tert-OH is 1. The molecule has 102 valence electrons. The van der Waals surface area contributed by atoms with Crippen molar-refractivity contribution in [1.82, 2.24) is 5.32 Å². The molecule has 0 aliphatic rings. The molecule has 1 atom stereocenters. The summed E-state index contributed by atoms with van der Waals surface area (Å²) in [6.45, 7) is 6.35. The van der Waals surface area contributed by atoms with E-state index in [1.165, 1.54) is 5.56 Å². The minimum atomic E-state index is -0.364. The summed E-state index contributed by atoms with van der Waals surface area (Å²) >= 11 is 6.27. The highest BCUT2D eigenvalue weighted by atomic mass is 35.5. The highest BCUT2D eigenvalue weighted by molar-refractivity contribution is 6.33. The van der Waals surface area contributed by atoms with Crippen LogP contribution in [-0.4, -0.2) is 31.3 Å². The molecule has 0 aliphatic heterocycles. The standard InChI is InChI=1S/C14H23ClN2O/c1-4-7-16-9-12-5-6-14(13(15)8-12)17(3)10-11(2)18/h5-6,8,11,16,18H,4,7,9-10H2,1-3H3. The van der Waals surface area contributed by atoms with Crippen molar-refractivity contribution in [2.24, 2.45) is 0 Å². The van der Waals surface area contributed by atoms with Gasteiger partial charge in [-0.1, -0.05) is 24.6 Å². The van der Waals surface area contributed by atoms with Gasteiger partial charge in [0.1, 0.15) is 0 Å². The topological polar surface area (TPSA) is 35.5 Å². The van der Waals surface area contributed by atoms with Gasteiger partial charge in [-0.2, -0.15) is 0 Å². The molecular formula is C14H23ClN2O. The minimum absolute atomic E-state index is 0.364. The zero-order chi connectivity index (χ0) is 13.5. The lowest BCUT2D eigenvalue weighted by molar-refractivity contribution is 0.201. The molecule has 0 aromatic heterocycles. The van der Waals surface area contributed by atoms with Crippen LogP contribution >= 0.6 is 11.6 Å². The molecule has 0 fully saturated rings. The SMILES string of the molecule is CCCNCc1ccc(N(C)CC(C)O)c(Cl)c1. The number of nitrogens with zero attached hydrogens (tertiary/aromatic N) is 1. The van der Waals surface area contributed by atoms with E-state index in [9.17, 15) is 5.11 Å². The van der Waals surface area contributed by atoms with Crippen LogP contribution in [0.25, 0.3) is 0 Å². The quantitative estimate of drug-likeness (QED) is 0.748. The van der Waals surface area contributed by atoms with Crippen molar-refractivity contribution in [3.63, 3.8) is 0 Å². The van der Waals surface area contributed by atoms with Crippen molar-refractivity contribution >= 4 is 17.3 Å². The highest BCUT2D eigenvalue weighted by Crippen LogP contribution is 2.26. The molecule has 1 aromatic carbocycles. The molecule has 0 amide bonds. The van der Waals surface area contributed by atoms with E-state index in [1.54, 1.807) is 6.92 Å². The fourth-order valence-electron chi connectivity index (χ4n) is 1.87. The lowest BCUT2D eigenvalue weighted by atomic mass is 10.2. The number of rotatable bonds is 7. The fourth-order valence-corrected chi connectivity index (χ4v) is 2.22. The Balaban J connectivity index is 2.67. The summed E-state index contributed by atoms with van der Waals surface area (Å²) < 4.78 is 0. The van der Waals surface area contributed by atoms with Crippen molar-refractivity contribution in [1.29, 1.82) is 0 Å². The number of hydrogen-bond acceptors (Lipinski definition) is 3. The summed E-state index contributed by atoms with van der Waals surface area (Å²) in [6.07, 6.45) is 0.764. The number of hydrogen-bond donors (Lipinski definition) is 2. The van der Waals surface area contributed by atoms with E-state index >= 15 is 0 Å². The predicted molar refractivity (Wildman–Crippen MR) is 78.4 cm³/mol. The summed E-state index contributed by atoms with van der Waals surface area (Å²) in [4.78, 5) is 1.97. The van der Waals surface area contributed by atoms with Crippen molar-refractivity contribution in [2.75, 3.05) is 25.0 Å². The summed E-state index contributed by atoms with van der Waals surface area (Å²) in [7, 11) is 1.93. The Morgan fingerprint density at radius 3 is 2.72 bits per heavy atom. The van der Waals surface area contributed by atoms with Crippen molar-refractivity contribution in [2.45, 2.75) is 32.9 Å². The number of nitrogens with one attached hydrogen (secondary N) is 1. The second kappa shape index (κ2) is 7.62. The first-order chi connectivity index (χ1) is 8.54. The smallest absolute Gasteiger partial charge is 0.0686 e. The van der Waals surface area contributed by atoms with E-state index in [0.29, 0.717) is 6.54 Å². The number of aliphatic hydroxyl groups is 1. The van der Waals surface area contributed by atoms with Gasteiger partial charge < -0.3 is 15.3 Å². The molecular weight excluding hydrogens is 248 g/mol. The molecule has 1 rings (SSSR count). The molecule has 0 saturated heterocycles. The van der Waals surface area contributed by atoms with Crippen LogP contribution in [0.5, 0.6) is 0 Å². The third-order valence-corrected chi connectivity index (χ3v) is 3.02. The molecule has 1 unspecified atom stereocenters. The Bertz CT molecular complexity index is 369. The van der Waals surface area contributed by atoms with Crippen LogP contribution in [0, 0.1) is 0 Å². The average Bonchev–Trinajstić information content (AvgIpc) is 2.28. The third kappa shape index (κ3) is 4.84. The largest absolute Gasteiger partial charge is 0.392 e. The Kier molecular flexibility index (Phi) is 6.47. The first kappa shape index (κ1) is 15.3. The highest BCUT2D eigenvalue weighted by Gasteiger charge is 2.08. The number of benzene rings is 1. The van der Waals surface area contributed by atoms with Gasteiger partial charge in [-0.25, -0.2) is 0 Å². The van der Waals surface area contributed by atoms with E-state index in [2.05, 4.69) is 18.3 Å². The molecule has 18 heavy (non-hydrogen) atoms. The lowest BCUT2D eigenvalue weighted by Crippen LogP contribution is -2.27. The van der Waals surface area contributed by atoms with Crippen molar-refractivity contribution in [3.05, 3.63) is 28.8 Å². The van der Waals surface area contributed by atoms with Crippen LogP contribution in [0.2, 0.25) is 5.02 Å². The summed E-state index contributed by atoms with van der Waals surface area (Å²) in [5.74, 6) is 0. The maximum absolute atomic E-state index is 9.38. The summed E-state index contributed by atoms with van der Waals surface area (Å²) in [5, 5.41) is 13.5. The van der Waals surface area contributed by atoms with E-state index in [1.807, 2.05) is 24.1 Å². The second-order valence-electron chi connectivity index (χ2n) is 4.69. The zero-order valence-corrected chi connectivity index (χ0v) is 12.2. The van der Waals surface area contributed by atoms with Crippen LogP contribution in [-0.2, 0) is 6.54 Å². The molecule has 0 saturated carbocycles. The van der Waals surface area contributed by atoms with E-state index in [-0.39, 0.29) is 6.10 Å². The summed E-state index contributed by atoms with van der Waals surface area (Å²) in [5.41, 5.74) is 2.14. The first-order valence-electron chi connectivity index (χ1n) is 6.43. The average molecular weight is 271 g/mol. The number of anilines is 1. The van der Waals surface area contributed by atoms with Gasteiger partial charge >= 0.3 is 0 Å². The number of halogens is 1. The van der Waals surface area contributed by atoms with Crippen LogP contribution in [0.1, 0.15) is 25.8 Å². The van der Waals surface area contributed by atoms with Crippen molar-refractivity contribution in [3.8, 4) is 0 Å². The van der Waals surface area contributed by atoms with Gasteiger partial charge in [0, 0.05) is 20.1 Å². The van der Waals surface area contributed by atoms with Gasteiger partial charge in [-0.3, -0.25) is 0 Å². The normalized spacial score (nSPS) is 12.5. The van der Waals surface area contributed by atoms with E-state index < -0.39 is 0 Å². The van der Waals surface area contributed by atoms with Gasteiger partial charge in [0.25, 0.3) is 0 Å². The molecule has 0 heterocycles. The Morgan fingerprint density at radius 2 is 2.17 bits per heavy atom. The van der Waals surface area contributed by atoms with E-state index in [4.69, 9.17) is 11.6 Å². The molecule has 3 nitrogen and oxygen atoms in total. The van der Waals surface area contributed by atoms with Gasteiger partial charge in [0.2, 0.25) is 0 Å².